The number of rotatable bonds is 8. The number of hydrogen-bond acceptors (Lipinski definition) is 7. The molecule has 4 aromatic carbocycles. The third kappa shape index (κ3) is 6.01. The van der Waals surface area contributed by atoms with Gasteiger partial charge in [-0.3, -0.25) is 4.79 Å². The first-order valence-electron chi connectivity index (χ1n) is 14.2. The molecular formula is C33H29ClN4O6S. The number of sulfone groups is 1. The average Bonchev–Trinajstić information content (AvgIpc) is 3.45. The van der Waals surface area contributed by atoms with Crippen molar-refractivity contribution >= 4 is 44.3 Å². The minimum atomic E-state index is -3.45. The second-order valence-electron chi connectivity index (χ2n) is 11.0. The van der Waals surface area contributed by atoms with Gasteiger partial charge in [0.2, 0.25) is 6.10 Å². The molecule has 2 unspecified atom stereocenters. The number of fused-ring (bicyclic) bond motifs is 2. The van der Waals surface area contributed by atoms with E-state index in [0.717, 1.165) is 31.1 Å². The van der Waals surface area contributed by atoms with Crippen LogP contribution in [0.3, 0.4) is 0 Å². The van der Waals surface area contributed by atoms with Crippen molar-refractivity contribution in [3.05, 3.63) is 112 Å². The van der Waals surface area contributed by atoms with E-state index in [1.54, 1.807) is 24.3 Å². The number of benzene rings is 4. The summed E-state index contributed by atoms with van der Waals surface area (Å²) in [5, 5.41) is 22.0. The van der Waals surface area contributed by atoms with Gasteiger partial charge >= 0.3 is 5.97 Å². The number of carbonyl (C=O) groups is 2. The molecule has 12 heteroatoms. The number of aromatic nitrogens is 3. The number of carbonyl (C=O) groups excluding carboxylic acids is 1. The van der Waals surface area contributed by atoms with E-state index in [9.17, 15) is 23.1 Å². The molecule has 230 valence electrons. The standard InChI is InChI=1S/C33H29ClN4O6S/c1-19-24(32(39)35-27-9-5-7-20-6-3-4-8-25(20)27)15-17-28-30(19)36-37-38(28)29-18-22(12-16-26(29)34)44-31(33(40)41)21-10-13-23(14-11-21)45(2,42)43/h3-4,6,8,10-18,27,31H,5,7,9H2,1-2H3,(H,35,39)(H,40,41). The van der Waals surface area contributed by atoms with Crippen LogP contribution in [0.2, 0.25) is 5.02 Å². The Kier molecular flexibility index (Phi) is 8.07. The Balaban J connectivity index is 1.27. The van der Waals surface area contributed by atoms with Crippen molar-refractivity contribution in [2.45, 2.75) is 43.2 Å². The van der Waals surface area contributed by atoms with Crippen LogP contribution in [-0.4, -0.2) is 46.7 Å². The number of hydrogen-bond donors (Lipinski definition) is 2. The van der Waals surface area contributed by atoms with Gasteiger partial charge < -0.3 is 15.2 Å². The van der Waals surface area contributed by atoms with Crippen LogP contribution in [0.1, 0.15) is 57.6 Å². The molecule has 1 heterocycles. The highest BCUT2D eigenvalue weighted by Crippen LogP contribution is 2.33. The molecule has 0 bridgehead atoms. The van der Waals surface area contributed by atoms with Gasteiger partial charge in [0.05, 0.1) is 27.2 Å². The highest BCUT2D eigenvalue weighted by atomic mass is 35.5. The highest BCUT2D eigenvalue weighted by Gasteiger charge is 2.25. The Morgan fingerprint density at radius 2 is 1.82 bits per heavy atom. The fourth-order valence-corrected chi connectivity index (χ4v) is 6.53. The van der Waals surface area contributed by atoms with Crippen molar-refractivity contribution in [2.24, 2.45) is 0 Å². The molecule has 5 aromatic rings. The molecule has 1 amide bonds. The highest BCUT2D eigenvalue weighted by molar-refractivity contribution is 7.90. The summed E-state index contributed by atoms with van der Waals surface area (Å²) < 4.78 is 31.0. The molecule has 10 nitrogen and oxygen atoms in total. The van der Waals surface area contributed by atoms with Crippen molar-refractivity contribution in [2.75, 3.05) is 6.26 Å². The van der Waals surface area contributed by atoms with Crippen molar-refractivity contribution in [1.82, 2.24) is 20.3 Å². The van der Waals surface area contributed by atoms with Crippen LogP contribution in [0.15, 0.2) is 83.8 Å². The SMILES string of the molecule is Cc1c(C(=O)NC2CCCc3ccccc32)ccc2c1nnn2-c1cc(OC(C(=O)O)c2ccc(S(C)(=O)=O)cc2)ccc1Cl. The Labute approximate surface area is 264 Å². The average molecular weight is 645 g/mol. The van der Waals surface area contributed by atoms with Crippen LogP contribution in [0, 0.1) is 6.92 Å². The zero-order chi connectivity index (χ0) is 31.9. The van der Waals surface area contributed by atoms with Crippen molar-refractivity contribution in [3.63, 3.8) is 0 Å². The van der Waals surface area contributed by atoms with Crippen LogP contribution >= 0.6 is 11.6 Å². The summed E-state index contributed by atoms with van der Waals surface area (Å²) in [5.74, 6) is -1.26. The number of aryl methyl sites for hydroxylation is 2. The normalized spacial score (nSPS) is 15.3. The molecule has 0 saturated heterocycles. The molecule has 1 aromatic heterocycles. The van der Waals surface area contributed by atoms with Crippen molar-refractivity contribution < 1.29 is 27.9 Å². The molecule has 0 spiro atoms. The number of ether oxygens (including phenoxy) is 1. The summed E-state index contributed by atoms with van der Waals surface area (Å²) in [4.78, 5) is 25.6. The van der Waals surface area contributed by atoms with Crippen molar-refractivity contribution in [1.29, 1.82) is 0 Å². The van der Waals surface area contributed by atoms with Crippen LogP contribution in [-0.2, 0) is 21.1 Å². The lowest BCUT2D eigenvalue weighted by atomic mass is 9.87. The molecule has 0 aliphatic heterocycles. The summed E-state index contributed by atoms with van der Waals surface area (Å²) in [6, 6.07) is 21.7. The molecule has 6 rings (SSSR count). The number of carboxylic acid groups (broad SMARTS) is 1. The van der Waals surface area contributed by atoms with E-state index in [1.165, 1.54) is 40.6 Å². The maximum atomic E-state index is 13.4. The predicted octanol–water partition coefficient (Wildman–Crippen LogP) is 5.80. The number of aliphatic carboxylic acids is 1. The summed E-state index contributed by atoms with van der Waals surface area (Å²) in [7, 11) is -3.45. The Bertz CT molecular complexity index is 2060. The Morgan fingerprint density at radius 1 is 1.07 bits per heavy atom. The van der Waals surface area contributed by atoms with E-state index in [0.29, 0.717) is 32.9 Å². The van der Waals surface area contributed by atoms with E-state index in [1.807, 2.05) is 19.1 Å². The largest absolute Gasteiger partial charge is 0.478 e. The Hall–Kier alpha value is -4.74. The third-order valence-corrected chi connectivity index (χ3v) is 9.47. The van der Waals surface area contributed by atoms with Gasteiger partial charge in [-0.2, -0.15) is 0 Å². The maximum absolute atomic E-state index is 13.4. The van der Waals surface area contributed by atoms with Crippen LogP contribution in [0.5, 0.6) is 5.75 Å². The van der Waals surface area contributed by atoms with Gasteiger partial charge in [-0.15, -0.1) is 5.10 Å². The minimum absolute atomic E-state index is 0.0671. The van der Waals surface area contributed by atoms with Gasteiger partial charge in [-0.1, -0.05) is 53.2 Å². The molecular weight excluding hydrogens is 616 g/mol. The second kappa shape index (κ2) is 12.0. The van der Waals surface area contributed by atoms with Crippen LogP contribution < -0.4 is 10.1 Å². The molecule has 0 fully saturated rings. The van der Waals surface area contributed by atoms with Crippen LogP contribution in [0.4, 0.5) is 0 Å². The topological polar surface area (TPSA) is 140 Å². The fraction of sp³-hybridized carbons (Fsp3) is 0.212. The first-order valence-corrected chi connectivity index (χ1v) is 16.5. The third-order valence-electron chi connectivity index (χ3n) is 8.03. The van der Waals surface area contributed by atoms with Crippen molar-refractivity contribution in [3.8, 4) is 11.4 Å². The lowest BCUT2D eigenvalue weighted by molar-refractivity contribution is -0.145. The molecule has 45 heavy (non-hydrogen) atoms. The zero-order valence-electron chi connectivity index (χ0n) is 24.4. The number of nitrogens with one attached hydrogen (secondary N) is 1. The van der Waals surface area contributed by atoms with E-state index in [-0.39, 0.29) is 28.2 Å². The molecule has 2 atom stereocenters. The van der Waals surface area contributed by atoms with Gasteiger partial charge in [0.1, 0.15) is 11.3 Å². The predicted molar refractivity (Wildman–Crippen MR) is 169 cm³/mol. The van der Waals surface area contributed by atoms with E-state index < -0.39 is 21.9 Å². The number of halogens is 1. The Morgan fingerprint density at radius 3 is 2.56 bits per heavy atom. The fourth-order valence-electron chi connectivity index (χ4n) is 5.70. The maximum Gasteiger partial charge on any atom is 0.349 e. The van der Waals surface area contributed by atoms with Gasteiger partial charge in [0.25, 0.3) is 5.91 Å². The van der Waals surface area contributed by atoms with Crippen LogP contribution in [0.25, 0.3) is 16.7 Å². The quantitative estimate of drug-likeness (QED) is 0.216. The summed E-state index contributed by atoms with van der Waals surface area (Å²) in [6.07, 6.45) is 2.52. The molecule has 2 N–H and O–H groups in total. The van der Waals surface area contributed by atoms with E-state index in [4.69, 9.17) is 16.3 Å². The number of nitrogens with zero attached hydrogens (tertiary/aromatic N) is 3. The smallest absolute Gasteiger partial charge is 0.349 e. The first-order chi connectivity index (χ1) is 21.5. The summed E-state index contributed by atoms with van der Waals surface area (Å²) >= 11 is 6.55. The van der Waals surface area contributed by atoms with Gasteiger partial charge in [-0.25, -0.2) is 17.9 Å². The van der Waals surface area contributed by atoms with Gasteiger partial charge in [0, 0.05) is 23.4 Å². The lowest BCUT2D eigenvalue weighted by Gasteiger charge is -2.26. The van der Waals surface area contributed by atoms with E-state index in [2.05, 4.69) is 27.8 Å². The summed E-state index contributed by atoms with van der Waals surface area (Å²) in [5.41, 5.74) is 5.32. The molecule has 1 aliphatic carbocycles. The monoisotopic (exact) mass is 644 g/mol. The van der Waals surface area contributed by atoms with Gasteiger partial charge in [0.15, 0.2) is 9.84 Å². The molecule has 1 aliphatic rings. The van der Waals surface area contributed by atoms with Gasteiger partial charge in [-0.05, 0) is 79.3 Å². The minimum Gasteiger partial charge on any atom is -0.478 e. The lowest BCUT2D eigenvalue weighted by Crippen LogP contribution is -2.31. The molecule has 0 saturated carbocycles. The number of carboxylic acids is 1. The first kappa shape index (κ1) is 30.3. The number of amides is 1. The summed E-state index contributed by atoms with van der Waals surface area (Å²) in [6.45, 7) is 1.82. The zero-order valence-corrected chi connectivity index (χ0v) is 26.0. The molecule has 0 radical (unpaired) electrons. The van der Waals surface area contributed by atoms with E-state index >= 15 is 0 Å². The second-order valence-corrected chi connectivity index (χ2v) is 13.4.